The number of nitrogens with one attached hydrogen (secondary N) is 2. The van der Waals surface area contributed by atoms with Crippen LogP contribution in [-0.4, -0.2) is 27.6 Å². The third kappa shape index (κ3) is 4.58. The van der Waals surface area contributed by atoms with E-state index in [0.29, 0.717) is 33.6 Å². The predicted octanol–water partition coefficient (Wildman–Crippen LogP) is 3.16. The van der Waals surface area contributed by atoms with Gasteiger partial charge < -0.3 is 22.3 Å². The lowest BCUT2D eigenvalue weighted by Gasteiger charge is -2.07. The first-order valence-corrected chi connectivity index (χ1v) is 8.61. The molecular formula is C19H22N6S. The van der Waals surface area contributed by atoms with Gasteiger partial charge in [-0.25, -0.2) is 4.98 Å². The topological polar surface area (TPSA) is 126 Å². The number of hydrogen-bond donors (Lipinski definition) is 5. The van der Waals surface area contributed by atoms with Crippen LogP contribution in [-0.2, 0) is 0 Å². The van der Waals surface area contributed by atoms with Crippen molar-refractivity contribution in [1.82, 2.24) is 9.97 Å². The van der Waals surface area contributed by atoms with Crippen LogP contribution in [0, 0.1) is 10.8 Å². The zero-order valence-corrected chi connectivity index (χ0v) is 15.4. The van der Waals surface area contributed by atoms with Crippen molar-refractivity contribution in [3.63, 3.8) is 0 Å². The molecule has 134 valence electrons. The fourth-order valence-corrected chi connectivity index (χ4v) is 2.49. The second-order valence-electron chi connectivity index (χ2n) is 5.61. The Kier molecular flexibility index (Phi) is 6.68. The zero-order valence-electron chi connectivity index (χ0n) is 14.5. The smallest absolute Gasteiger partial charge is 0.0922 e. The van der Waals surface area contributed by atoms with Crippen LogP contribution < -0.4 is 11.5 Å². The monoisotopic (exact) mass is 366 g/mol. The molecule has 6 N–H and O–H groups in total. The van der Waals surface area contributed by atoms with Crippen molar-refractivity contribution in [1.29, 1.82) is 10.8 Å². The summed E-state index contributed by atoms with van der Waals surface area (Å²) in [5.74, 6) is 0. The molecule has 0 fully saturated rings. The molecular weight excluding hydrogens is 344 g/mol. The SMILES string of the molecule is CCC(S)/C=C(N)/C=C(\C=N)c1ccc2ncc(/C(C=N)=C/N)nc2c1. The van der Waals surface area contributed by atoms with Crippen molar-refractivity contribution in [2.24, 2.45) is 11.5 Å². The standard InChI is InChI=1S/C19H22N6S/c1-2-16(26)7-15(23)5-13(8-20)12-3-4-17-18(6-12)25-19(11-24-17)14(9-21)10-22/h3-11,16,20-21,26H,2,22-23H2,1H3/b13-5+,14-10+,15-7-,20-8?,21-9?. The molecule has 0 bridgehead atoms. The van der Waals surface area contributed by atoms with E-state index in [4.69, 9.17) is 22.3 Å². The number of aromatic nitrogens is 2. The molecule has 2 aromatic rings. The van der Waals surface area contributed by atoms with Gasteiger partial charge in [-0.1, -0.05) is 13.0 Å². The molecule has 1 atom stereocenters. The van der Waals surface area contributed by atoms with Crippen LogP contribution in [0.4, 0.5) is 0 Å². The molecule has 7 heteroatoms. The molecule has 1 heterocycles. The quantitative estimate of drug-likeness (QED) is 0.293. The second kappa shape index (κ2) is 8.96. The maximum Gasteiger partial charge on any atom is 0.0922 e. The highest BCUT2D eigenvalue weighted by atomic mass is 32.1. The van der Waals surface area contributed by atoms with Gasteiger partial charge in [-0.2, -0.15) is 12.6 Å². The van der Waals surface area contributed by atoms with Crippen LogP contribution in [0.1, 0.15) is 24.6 Å². The molecule has 2 rings (SSSR count). The summed E-state index contributed by atoms with van der Waals surface area (Å²) in [5.41, 5.74) is 15.9. The van der Waals surface area contributed by atoms with Gasteiger partial charge in [0.1, 0.15) is 0 Å². The summed E-state index contributed by atoms with van der Waals surface area (Å²) in [7, 11) is 0. The minimum atomic E-state index is 0.0749. The lowest BCUT2D eigenvalue weighted by atomic mass is 10.0. The van der Waals surface area contributed by atoms with Crippen molar-refractivity contribution < 1.29 is 0 Å². The largest absolute Gasteiger partial charge is 0.404 e. The van der Waals surface area contributed by atoms with E-state index in [1.54, 1.807) is 12.3 Å². The Labute approximate surface area is 158 Å². The molecule has 1 unspecified atom stereocenters. The zero-order chi connectivity index (χ0) is 19.1. The molecule has 0 aliphatic rings. The van der Waals surface area contributed by atoms with E-state index in [-0.39, 0.29) is 5.25 Å². The van der Waals surface area contributed by atoms with E-state index in [1.807, 2.05) is 31.2 Å². The average molecular weight is 366 g/mol. The van der Waals surface area contributed by atoms with Gasteiger partial charge in [0.25, 0.3) is 0 Å². The van der Waals surface area contributed by atoms with Gasteiger partial charge in [0.15, 0.2) is 0 Å². The van der Waals surface area contributed by atoms with Crippen LogP contribution in [0.5, 0.6) is 0 Å². The summed E-state index contributed by atoms with van der Waals surface area (Å²) in [5, 5.41) is 15.2. The summed E-state index contributed by atoms with van der Waals surface area (Å²) < 4.78 is 0. The van der Waals surface area contributed by atoms with Crippen LogP contribution in [0.3, 0.4) is 0 Å². The number of hydrogen-bond acceptors (Lipinski definition) is 7. The third-order valence-corrected chi connectivity index (χ3v) is 4.30. The predicted molar refractivity (Wildman–Crippen MR) is 113 cm³/mol. The van der Waals surface area contributed by atoms with Gasteiger partial charge in [0.05, 0.1) is 22.9 Å². The molecule has 6 nitrogen and oxygen atoms in total. The van der Waals surface area contributed by atoms with E-state index < -0.39 is 0 Å². The highest BCUT2D eigenvalue weighted by molar-refractivity contribution is 7.81. The Bertz CT molecular complexity index is 913. The molecule has 1 aromatic carbocycles. The summed E-state index contributed by atoms with van der Waals surface area (Å²) in [4.78, 5) is 8.86. The Hall–Kier alpha value is -2.93. The number of fused-ring (bicyclic) bond motifs is 1. The summed E-state index contributed by atoms with van der Waals surface area (Å²) in [6, 6.07) is 5.55. The molecule has 26 heavy (non-hydrogen) atoms. The van der Waals surface area contributed by atoms with Crippen LogP contribution in [0.2, 0.25) is 0 Å². The molecule has 0 amide bonds. The normalized spacial score (nSPS) is 14.3. The number of benzene rings is 1. The first-order valence-electron chi connectivity index (χ1n) is 8.09. The molecule has 0 spiro atoms. The van der Waals surface area contributed by atoms with Crippen molar-refractivity contribution in [3.05, 3.63) is 59.7 Å². The van der Waals surface area contributed by atoms with Crippen molar-refractivity contribution >= 4 is 47.2 Å². The van der Waals surface area contributed by atoms with Gasteiger partial charge in [0.2, 0.25) is 0 Å². The maximum atomic E-state index is 7.71. The molecule has 0 aliphatic carbocycles. The summed E-state index contributed by atoms with van der Waals surface area (Å²) >= 11 is 4.41. The number of allylic oxidation sites excluding steroid dienone is 3. The Morgan fingerprint density at radius 1 is 1.23 bits per heavy atom. The van der Waals surface area contributed by atoms with Crippen molar-refractivity contribution in [2.75, 3.05) is 0 Å². The molecule has 1 aromatic heterocycles. The summed E-state index contributed by atoms with van der Waals surface area (Å²) in [6.45, 7) is 2.03. The van der Waals surface area contributed by atoms with Crippen molar-refractivity contribution in [2.45, 2.75) is 18.6 Å². The fraction of sp³-hybridized carbons (Fsp3) is 0.158. The molecule has 0 saturated heterocycles. The van der Waals surface area contributed by atoms with E-state index in [9.17, 15) is 0 Å². The Morgan fingerprint density at radius 3 is 2.58 bits per heavy atom. The van der Waals surface area contributed by atoms with Gasteiger partial charge in [-0.15, -0.1) is 0 Å². The van der Waals surface area contributed by atoms with Crippen LogP contribution >= 0.6 is 12.6 Å². The minimum Gasteiger partial charge on any atom is -0.404 e. The third-order valence-electron chi connectivity index (χ3n) is 3.79. The number of thiol groups is 1. The van der Waals surface area contributed by atoms with Gasteiger partial charge in [0, 0.05) is 40.7 Å². The minimum absolute atomic E-state index is 0.0749. The molecule has 0 saturated carbocycles. The molecule has 0 aliphatic heterocycles. The fourth-order valence-electron chi connectivity index (χ4n) is 2.31. The number of nitrogens with zero attached hydrogens (tertiary/aromatic N) is 2. The van der Waals surface area contributed by atoms with E-state index >= 15 is 0 Å². The van der Waals surface area contributed by atoms with Gasteiger partial charge in [-0.05, 0) is 36.3 Å². The summed E-state index contributed by atoms with van der Waals surface area (Å²) in [6.07, 6.45) is 9.76. The highest BCUT2D eigenvalue weighted by Gasteiger charge is 2.07. The van der Waals surface area contributed by atoms with Crippen LogP contribution in [0.25, 0.3) is 22.2 Å². The molecule has 0 radical (unpaired) electrons. The van der Waals surface area contributed by atoms with E-state index in [2.05, 4.69) is 22.6 Å². The lowest BCUT2D eigenvalue weighted by Crippen LogP contribution is -2.01. The van der Waals surface area contributed by atoms with Crippen molar-refractivity contribution in [3.8, 4) is 0 Å². The number of rotatable bonds is 7. The van der Waals surface area contributed by atoms with Gasteiger partial charge in [-0.3, -0.25) is 4.98 Å². The number of nitrogens with two attached hydrogens (primary N) is 2. The lowest BCUT2D eigenvalue weighted by molar-refractivity contribution is 0.975. The maximum absolute atomic E-state index is 7.71. The van der Waals surface area contributed by atoms with E-state index in [0.717, 1.165) is 18.2 Å². The van der Waals surface area contributed by atoms with E-state index in [1.165, 1.54) is 12.4 Å². The van der Waals surface area contributed by atoms with Crippen LogP contribution in [0.15, 0.2) is 48.4 Å². The Balaban J connectivity index is 2.49. The van der Waals surface area contributed by atoms with Gasteiger partial charge >= 0.3 is 0 Å². The second-order valence-corrected chi connectivity index (χ2v) is 6.27. The Morgan fingerprint density at radius 2 is 1.96 bits per heavy atom. The first kappa shape index (κ1) is 19.4. The highest BCUT2D eigenvalue weighted by Crippen LogP contribution is 2.20. The first-order chi connectivity index (χ1) is 12.5. The average Bonchev–Trinajstić information content (AvgIpc) is 2.66.